The van der Waals surface area contributed by atoms with Gasteiger partial charge in [0.1, 0.15) is 12.4 Å². The summed E-state index contributed by atoms with van der Waals surface area (Å²) in [5.74, 6) is 1.29. The minimum absolute atomic E-state index is 0.253. The Morgan fingerprint density at radius 3 is 2.70 bits per heavy atom. The van der Waals surface area contributed by atoms with Crippen molar-refractivity contribution in [1.29, 1.82) is 0 Å². The van der Waals surface area contributed by atoms with Gasteiger partial charge in [0.25, 0.3) is 0 Å². The van der Waals surface area contributed by atoms with E-state index in [-0.39, 0.29) is 6.03 Å². The van der Waals surface area contributed by atoms with Gasteiger partial charge in [0, 0.05) is 4.47 Å². The molecule has 2 amide bonds. The molecule has 0 aliphatic heterocycles. The number of benzene rings is 2. The highest BCUT2D eigenvalue weighted by Gasteiger charge is 2.04. The van der Waals surface area contributed by atoms with Gasteiger partial charge in [0.05, 0.1) is 12.2 Å². The highest BCUT2D eigenvalue weighted by atomic mass is 79.9. The predicted octanol–water partition coefficient (Wildman–Crippen LogP) is 4.77. The quantitative estimate of drug-likeness (QED) is 0.713. The molecule has 23 heavy (non-hydrogen) atoms. The molecule has 0 aromatic heterocycles. The lowest BCUT2D eigenvalue weighted by molar-refractivity contribution is 0.247. The minimum Gasteiger partial charge on any atom is -0.492 e. The van der Waals surface area contributed by atoms with Crippen LogP contribution in [-0.4, -0.2) is 19.2 Å². The van der Waals surface area contributed by atoms with E-state index in [9.17, 15) is 4.79 Å². The molecule has 0 aliphatic carbocycles. The maximum atomic E-state index is 11.8. The molecular weight excluding hydrogens is 356 g/mol. The second-order valence-electron chi connectivity index (χ2n) is 5.44. The van der Waals surface area contributed by atoms with Gasteiger partial charge in [-0.05, 0) is 51.7 Å². The zero-order valence-electron chi connectivity index (χ0n) is 13.3. The van der Waals surface area contributed by atoms with Gasteiger partial charge in [-0.25, -0.2) is 4.79 Å². The molecule has 0 aliphatic rings. The van der Waals surface area contributed by atoms with Crippen LogP contribution in [-0.2, 0) is 0 Å². The summed E-state index contributed by atoms with van der Waals surface area (Å²) in [6, 6.07) is 15.2. The number of para-hydroxylation sites is 1. The predicted molar refractivity (Wildman–Crippen MR) is 97.2 cm³/mol. The van der Waals surface area contributed by atoms with Gasteiger partial charge in [-0.15, -0.1) is 0 Å². The van der Waals surface area contributed by atoms with Crippen molar-refractivity contribution in [2.45, 2.75) is 19.8 Å². The molecule has 2 aromatic carbocycles. The Labute approximate surface area is 145 Å². The third-order valence-corrected chi connectivity index (χ3v) is 3.99. The van der Waals surface area contributed by atoms with E-state index < -0.39 is 0 Å². The van der Waals surface area contributed by atoms with Gasteiger partial charge in [-0.3, -0.25) is 0 Å². The van der Waals surface area contributed by atoms with Crippen LogP contribution in [0.5, 0.6) is 5.75 Å². The summed E-state index contributed by atoms with van der Waals surface area (Å²) >= 11 is 3.39. The fourth-order valence-electron chi connectivity index (χ4n) is 2.03. The third-order valence-electron chi connectivity index (χ3n) is 3.30. The van der Waals surface area contributed by atoms with Crippen LogP contribution in [0.15, 0.2) is 53.0 Å². The van der Waals surface area contributed by atoms with Gasteiger partial charge < -0.3 is 15.4 Å². The number of rotatable bonds is 6. The number of hydrogen-bond donors (Lipinski definition) is 2. The number of nitrogens with one attached hydrogen (secondary N) is 2. The minimum atomic E-state index is -0.253. The van der Waals surface area contributed by atoms with Crippen LogP contribution in [0.25, 0.3) is 0 Å². The van der Waals surface area contributed by atoms with Crippen molar-refractivity contribution < 1.29 is 9.53 Å². The summed E-state index contributed by atoms with van der Waals surface area (Å²) in [4.78, 5) is 11.8. The highest BCUT2D eigenvalue weighted by Crippen LogP contribution is 2.21. The van der Waals surface area contributed by atoms with E-state index in [1.165, 1.54) is 5.56 Å². The second kappa shape index (κ2) is 8.58. The van der Waals surface area contributed by atoms with E-state index in [1.807, 2.05) is 42.5 Å². The number of halogens is 1. The first-order valence-corrected chi connectivity index (χ1v) is 8.37. The summed E-state index contributed by atoms with van der Waals surface area (Å²) in [5.41, 5.74) is 1.97. The zero-order valence-corrected chi connectivity index (χ0v) is 14.9. The molecule has 2 rings (SSSR count). The molecule has 0 fully saturated rings. The first-order valence-electron chi connectivity index (χ1n) is 7.58. The molecule has 0 atom stereocenters. The summed E-state index contributed by atoms with van der Waals surface area (Å²) in [5, 5.41) is 5.55. The maximum Gasteiger partial charge on any atom is 0.319 e. The summed E-state index contributed by atoms with van der Waals surface area (Å²) in [6.45, 7) is 5.15. The van der Waals surface area contributed by atoms with Crippen LogP contribution >= 0.6 is 15.9 Å². The average Bonchev–Trinajstić information content (AvgIpc) is 2.54. The van der Waals surface area contributed by atoms with Crippen LogP contribution < -0.4 is 15.4 Å². The molecule has 5 heteroatoms. The summed E-state index contributed by atoms with van der Waals surface area (Å²) in [7, 11) is 0. The molecule has 2 N–H and O–H groups in total. The lowest BCUT2D eigenvalue weighted by atomic mass is 10.0. The zero-order chi connectivity index (χ0) is 16.7. The number of carbonyl (C=O) groups excluding carboxylic acids is 1. The van der Waals surface area contributed by atoms with Gasteiger partial charge >= 0.3 is 6.03 Å². The van der Waals surface area contributed by atoms with Crippen LogP contribution in [0.4, 0.5) is 10.5 Å². The molecule has 2 aromatic rings. The Kier molecular flexibility index (Phi) is 6.47. The number of anilines is 1. The van der Waals surface area contributed by atoms with Crippen molar-refractivity contribution in [2.75, 3.05) is 18.5 Å². The summed E-state index contributed by atoms with van der Waals surface area (Å²) in [6.07, 6.45) is 0. The van der Waals surface area contributed by atoms with E-state index in [0.29, 0.717) is 19.1 Å². The van der Waals surface area contributed by atoms with E-state index in [1.54, 1.807) is 0 Å². The van der Waals surface area contributed by atoms with Crippen LogP contribution in [0, 0.1) is 0 Å². The molecule has 122 valence electrons. The first kappa shape index (κ1) is 17.3. The SMILES string of the molecule is CC(C)c1cccc(OCCNC(=O)Nc2ccccc2Br)c1. The monoisotopic (exact) mass is 376 g/mol. The van der Waals surface area contributed by atoms with Crippen molar-refractivity contribution in [3.05, 3.63) is 58.6 Å². The number of hydrogen-bond acceptors (Lipinski definition) is 2. The van der Waals surface area contributed by atoms with Gasteiger partial charge in [-0.2, -0.15) is 0 Å². The molecule has 0 saturated carbocycles. The van der Waals surface area contributed by atoms with Crippen molar-refractivity contribution in [1.82, 2.24) is 5.32 Å². The largest absolute Gasteiger partial charge is 0.492 e. The number of urea groups is 1. The molecule has 0 radical (unpaired) electrons. The fraction of sp³-hybridized carbons (Fsp3) is 0.278. The van der Waals surface area contributed by atoms with E-state index in [0.717, 1.165) is 15.9 Å². The molecule has 0 spiro atoms. The molecule has 0 unspecified atom stereocenters. The van der Waals surface area contributed by atoms with Crippen molar-refractivity contribution in [2.24, 2.45) is 0 Å². The molecule has 4 nitrogen and oxygen atoms in total. The molecule has 0 saturated heterocycles. The topological polar surface area (TPSA) is 50.4 Å². The van der Waals surface area contributed by atoms with Crippen LogP contribution in [0.1, 0.15) is 25.3 Å². The highest BCUT2D eigenvalue weighted by molar-refractivity contribution is 9.10. The standard InChI is InChI=1S/C18H21BrN2O2/c1-13(2)14-6-5-7-15(12-14)23-11-10-20-18(22)21-17-9-4-3-8-16(17)19/h3-9,12-13H,10-11H2,1-2H3,(H2,20,21,22). The molecule has 0 bridgehead atoms. The fourth-order valence-corrected chi connectivity index (χ4v) is 2.41. The van der Waals surface area contributed by atoms with Crippen molar-refractivity contribution in [3.8, 4) is 5.75 Å². The normalized spacial score (nSPS) is 10.4. The Morgan fingerprint density at radius 2 is 1.96 bits per heavy atom. The van der Waals surface area contributed by atoms with Gasteiger partial charge in [0.2, 0.25) is 0 Å². The number of ether oxygens (including phenoxy) is 1. The third kappa shape index (κ3) is 5.60. The lowest BCUT2D eigenvalue weighted by Gasteiger charge is -2.11. The molecular formula is C18H21BrN2O2. The lowest BCUT2D eigenvalue weighted by Crippen LogP contribution is -2.32. The Hall–Kier alpha value is -2.01. The number of carbonyl (C=O) groups is 1. The van der Waals surface area contributed by atoms with E-state index in [2.05, 4.69) is 46.5 Å². The Balaban J connectivity index is 1.74. The van der Waals surface area contributed by atoms with Crippen LogP contribution in [0.2, 0.25) is 0 Å². The van der Waals surface area contributed by atoms with Crippen molar-refractivity contribution >= 4 is 27.6 Å². The maximum absolute atomic E-state index is 11.8. The van der Waals surface area contributed by atoms with Crippen LogP contribution in [0.3, 0.4) is 0 Å². The Bertz CT molecular complexity index is 659. The van der Waals surface area contributed by atoms with Crippen molar-refractivity contribution in [3.63, 3.8) is 0 Å². The first-order chi connectivity index (χ1) is 11.1. The van der Waals surface area contributed by atoms with Gasteiger partial charge in [0.15, 0.2) is 0 Å². The molecule has 0 heterocycles. The smallest absolute Gasteiger partial charge is 0.319 e. The van der Waals surface area contributed by atoms with E-state index >= 15 is 0 Å². The summed E-state index contributed by atoms with van der Waals surface area (Å²) < 4.78 is 6.51. The second-order valence-corrected chi connectivity index (χ2v) is 6.29. The average molecular weight is 377 g/mol. The van der Waals surface area contributed by atoms with Gasteiger partial charge in [-0.1, -0.05) is 38.1 Å². The number of amides is 2. The Morgan fingerprint density at radius 1 is 1.17 bits per heavy atom. The van der Waals surface area contributed by atoms with E-state index in [4.69, 9.17) is 4.74 Å².